The van der Waals surface area contributed by atoms with Crippen LogP contribution in [0.3, 0.4) is 0 Å². The maximum atomic E-state index is 12.6. The molecule has 1 saturated heterocycles. The van der Waals surface area contributed by atoms with Gasteiger partial charge in [-0.25, -0.2) is 8.42 Å². The molecule has 0 aliphatic carbocycles. The van der Waals surface area contributed by atoms with Gasteiger partial charge in [-0.2, -0.15) is 4.31 Å². The fourth-order valence-electron chi connectivity index (χ4n) is 3.37. The number of methoxy groups -OCH3 is 2. The van der Waals surface area contributed by atoms with Gasteiger partial charge in [-0.05, 0) is 61.2 Å². The second-order valence-electron chi connectivity index (χ2n) is 7.16. The van der Waals surface area contributed by atoms with E-state index in [0.29, 0.717) is 42.4 Å². The highest BCUT2D eigenvalue weighted by molar-refractivity contribution is 8.00. The number of rotatable bonds is 10. The highest BCUT2D eigenvalue weighted by atomic mass is 32.2. The molecule has 0 atom stereocenters. The molecule has 9 heteroatoms. The minimum absolute atomic E-state index is 0.0701. The summed E-state index contributed by atoms with van der Waals surface area (Å²) in [5.41, 5.74) is 1.04. The fourth-order valence-corrected chi connectivity index (χ4v) is 5.61. The molecule has 0 spiro atoms. The van der Waals surface area contributed by atoms with Crippen LogP contribution in [-0.2, 0) is 21.2 Å². The average molecular weight is 465 g/mol. The van der Waals surface area contributed by atoms with Crippen molar-refractivity contribution in [3.05, 3.63) is 48.0 Å². The largest absolute Gasteiger partial charge is 0.493 e. The Hall–Kier alpha value is -2.23. The van der Waals surface area contributed by atoms with Crippen molar-refractivity contribution < 1.29 is 22.7 Å². The number of carbonyl (C=O) groups is 1. The van der Waals surface area contributed by atoms with Gasteiger partial charge >= 0.3 is 0 Å². The second kappa shape index (κ2) is 10.9. The standard InChI is InChI=1S/C22H28N2O5S2/c1-28-20-10-5-17(15-21(20)29-2)11-12-23-22(25)16-30-18-6-8-19(9-7-18)31(26,27)24-13-3-4-14-24/h5-10,15H,3-4,11-14,16H2,1-2H3,(H,23,25). The minimum atomic E-state index is -3.41. The number of carbonyl (C=O) groups excluding carboxylic acids is 1. The maximum absolute atomic E-state index is 12.6. The molecule has 0 unspecified atom stereocenters. The van der Waals surface area contributed by atoms with E-state index in [4.69, 9.17) is 9.47 Å². The lowest BCUT2D eigenvalue weighted by Crippen LogP contribution is -2.27. The van der Waals surface area contributed by atoms with Crippen molar-refractivity contribution in [1.82, 2.24) is 9.62 Å². The molecule has 7 nitrogen and oxygen atoms in total. The van der Waals surface area contributed by atoms with E-state index in [0.717, 1.165) is 23.3 Å². The van der Waals surface area contributed by atoms with Gasteiger partial charge in [-0.3, -0.25) is 4.79 Å². The summed E-state index contributed by atoms with van der Waals surface area (Å²) in [7, 11) is -0.222. The van der Waals surface area contributed by atoms with Gasteiger partial charge in [0.15, 0.2) is 11.5 Å². The van der Waals surface area contributed by atoms with Gasteiger partial charge in [-0.1, -0.05) is 6.07 Å². The Kier molecular flexibility index (Phi) is 8.22. The molecule has 31 heavy (non-hydrogen) atoms. The fraction of sp³-hybridized carbons (Fsp3) is 0.409. The molecule has 1 N–H and O–H groups in total. The molecule has 1 heterocycles. The Bertz CT molecular complexity index is 987. The zero-order valence-corrected chi connectivity index (χ0v) is 19.4. The topological polar surface area (TPSA) is 84.9 Å². The molecule has 2 aromatic rings. The molecule has 0 bridgehead atoms. The highest BCUT2D eigenvalue weighted by Gasteiger charge is 2.26. The van der Waals surface area contributed by atoms with E-state index >= 15 is 0 Å². The zero-order valence-electron chi connectivity index (χ0n) is 17.8. The van der Waals surface area contributed by atoms with Crippen LogP contribution in [0, 0.1) is 0 Å². The number of sulfonamides is 1. The molecule has 0 aromatic heterocycles. The Morgan fingerprint density at radius 3 is 2.35 bits per heavy atom. The number of ether oxygens (including phenoxy) is 2. The SMILES string of the molecule is COc1ccc(CCNC(=O)CSc2ccc(S(=O)(=O)N3CCCC3)cc2)cc1OC. The smallest absolute Gasteiger partial charge is 0.243 e. The normalized spacial score (nSPS) is 14.4. The van der Waals surface area contributed by atoms with E-state index in [1.807, 2.05) is 18.2 Å². The summed E-state index contributed by atoms with van der Waals surface area (Å²) in [6.07, 6.45) is 2.50. The van der Waals surface area contributed by atoms with Crippen LogP contribution >= 0.6 is 11.8 Å². The van der Waals surface area contributed by atoms with Crippen molar-refractivity contribution in [2.45, 2.75) is 29.1 Å². The first-order valence-electron chi connectivity index (χ1n) is 10.1. The van der Waals surface area contributed by atoms with Crippen molar-refractivity contribution in [3.8, 4) is 11.5 Å². The van der Waals surface area contributed by atoms with Crippen LogP contribution in [0.4, 0.5) is 0 Å². The zero-order chi connectivity index (χ0) is 22.3. The van der Waals surface area contributed by atoms with Crippen molar-refractivity contribution in [2.24, 2.45) is 0 Å². The lowest BCUT2D eigenvalue weighted by Gasteiger charge is -2.15. The highest BCUT2D eigenvalue weighted by Crippen LogP contribution is 2.27. The second-order valence-corrected chi connectivity index (χ2v) is 10.1. The van der Waals surface area contributed by atoms with Gasteiger partial charge in [0, 0.05) is 24.5 Å². The third-order valence-electron chi connectivity index (χ3n) is 5.08. The average Bonchev–Trinajstić information content (AvgIpc) is 3.34. The first-order valence-corrected chi connectivity index (χ1v) is 12.6. The molecule has 1 aliphatic rings. The molecule has 1 fully saturated rings. The molecule has 0 saturated carbocycles. The first-order chi connectivity index (χ1) is 14.9. The summed E-state index contributed by atoms with van der Waals surface area (Å²) >= 11 is 1.38. The first kappa shape index (κ1) is 23.4. The van der Waals surface area contributed by atoms with Gasteiger partial charge in [0.2, 0.25) is 15.9 Å². The predicted molar refractivity (Wildman–Crippen MR) is 121 cm³/mol. The molecular weight excluding hydrogens is 436 g/mol. The molecule has 2 aromatic carbocycles. The van der Waals surface area contributed by atoms with E-state index in [1.165, 1.54) is 16.1 Å². The molecule has 0 radical (unpaired) electrons. The van der Waals surface area contributed by atoms with Crippen molar-refractivity contribution in [3.63, 3.8) is 0 Å². The van der Waals surface area contributed by atoms with E-state index in [-0.39, 0.29) is 11.7 Å². The van der Waals surface area contributed by atoms with E-state index in [1.54, 1.807) is 38.5 Å². The Morgan fingerprint density at radius 2 is 1.71 bits per heavy atom. The van der Waals surface area contributed by atoms with E-state index in [2.05, 4.69) is 5.32 Å². The Balaban J connectivity index is 1.44. The lowest BCUT2D eigenvalue weighted by molar-refractivity contribution is -0.118. The third kappa shape index (κ3) is 6.15. The van der Waals surface area contributed by atoms with E-state index in [9.17, 15) is 13.2 Å². The molecule has 1 aliphatic heterocycles. The van der Waals surface area contributed by atoms with Crippen molar-refractivity contribution in [2.75, 3.05) is 39.6 Å². The number of hydrogen-bond acceptors (Lipinski definition) is 6. The number of thioether (sulfide) groups is 1. The summed E-state index contributed by atoms with van der Waals surface area (Å²) in [5, 5.41) is 2.91. The van der Waals surface area contributed by atoms with Gasteiger partial charge in [0.25, 0.3) is 0 Å². The Labute approximate surface area is 188 Å². The number of hydrogen-bond donors (Lipinski definition) is 1. The maximum Gasteiger partial charge on any atom is 0.243 e. The predicted octanol–water partition coefficient (Wildman–Crippen LogP) is 2.94. The van der Waals surface area contributed by atoms with Gasteiger partial charge in [-0.15, -0.1) is 11.8 Å². The van der Waals surface area contributed by atoms with Crippen LogP contribution in [0.15, 0.2) is 52.3 Å². The van der Waals surface area contributed by atoms with Crippen LogP contribution in [-0.4, -0.2) is 58.2 Å². The minimum Gasteiger partial charge on any atom is -0.493 e. The molecule has 1 amide bonds. The summed E-state index contributed by atoms with van der Waals surface area (Å²) in [5.74, 6) is 1.53. The number of benzene rings is 2. The molecular formula is C22H28N2O5S2. The van der Waals surface area contributed by atoms with E-state index < -0.39 is 10.0 Å². The number of nitrogens with one attached hydrogen (secondary N) is 1. The number of nitrogens with zero attached hydrogens (tertiary/aromatic N) is 1. The van der Waals surface area contributed by atoms with Crippen molar-refractivity contribution >= 4 is 27.7 Å². The Morgan fingerprint density at radius 1 is 1.03 bits per heavy atom. The number of amides is 1. The van der Waals surface area contributed by atoms with Gasteiger partial charge in [0.05, 0.1) is 24.9 Å². The van der Waals surface area contributed by atoms with Gasteiger partial charge in [0.1, 0.15) is 0 Å². The molecule has 168 valence electrons. The van der Waals surface area contributed by atoms with Gasteiger partial charge < -0.3 is 14.8 Å². The lowest BCUT2D eigenvalue weighted by atomic mass is 10.1. The van der Waals surface area contributed by atoms with Crippen LogP contribution < -0.4 is 14.8 Å². The quantitative estimate of drug-likeness (QED) is 0.544. The summed E-state index contributed by atoms with van der Waals surface area (Å²) in [6, 6.07) is 12.4. The summed E-state index contributed by atoms with van der Waals surface area (Å²) in [6.45, 7) is 1.69. The summed E-state index contributed by atoms with van der Waals surface area (Å²) < 4.78 is 37.2. The van der Waals surface area contributed by atoms with Crippen LogP contribution in [0.25, 0.3) is 0 Å². The van der Waals surface area contributed by atoms with Crippen molar-refractivity contribution in [1.29, 1.82) is 0 Å². The van der Waals surface area contributed by atoms with Crippen LogP contribution in [0.5, 0.6) is 11.5 Å². The van der Waals surface area contributed by atoms with Crippen LogP contribution in [0.1, 0.15) is 18.4 Å². The van der Waals surface area contributed by atoms with Crippen LogP contribution in [0.2, 0.25) is 0 Å². The summed E-state index contributed by atoms with van der Waals surface area (Å²) in [4.78, 5) is 13.3. The molecule has 3 rings (SSSR count). The third-order valence-corrected chi connectivity index (χ3v) is 8.01. The monoisotopic (exact) mass is 464 g/mol.